The van der Waals surface area contributed by atoms with E-state index in [1.807, 2.05) is 0 Å². The van der Waals surface area contributed by atoms with E-state index < -0.39 is 40.1 Å². The normalized spacial score (nSPS) is 22.7. The highest BCUT2D eigenvalue weighted by atomic mass is 35.5. The molecule has 1 aliphatic heterocycles. The number of hydrogen-bond acceptors (Lipinski definition) is 5. The number of Topliss-reactive ketones (excluding diaryl/α,β-unsaturated/α-hetero) is 2. The number of allylic oxidation sites excluding steroid dienone is 4. The SMILES string of the molecule is O=C1C2=C(C(=O)C1c1ccc3cccc(N4C(=O)c5c(Cl)c(Cl)c(Cl)c(Cl)c5C4=O)c3n1)C(Cl)C(Cl)C(Cl)=C2Cl. The molecule has 3 unspecified atom stereocenters. The first kappa shape index (κ1) is 28.3. The van der Waals surface area contributed by atoms with Crippen LogP contribution in [0.5, 0.6) is 0 Å². The maximum absolute atomic E-state index is 13.5. The molecule has 2 aromatic carbocycles. The number of alkyl halides is 2. The summed E-state index contributed by atoms with van der Waals surface area (Å²) in [7, 11) is 0. The monoisotopic (exact) mass is 692 g/mol. The summed E-state index contributed by atoms with van der Waals surface area (Å²) in [5.74, 6) is -4.28. The van der Waals surface area contributed by atoms with Crippen molar-refractivity contribution in [3.05, 3.63) is 88.5 Å². The van der Waals surface area contributed by atoms with Crippen LogP contribution in [0.1, 0.15) is 32.3 Å². The molecule has 3 atom stereocenters. The molecule has 3 aliphatic rings. The zero-order valence-electron chi connectivity index (χ0n) is 19.2. The van der Waals surface area contributed by atoms with Crippen LogP contribution in [0.2, 0.25) is 20.1 Å². The Balaban J connectivity index is 1.49. The lowest BCUT2D eigenvalue weighted by Gasteiger charge is -2.23. The Bertz CT molecular complexity index is 1800. The van der Waals surface area contributed by atoms with Crippen LogP contribution in [0.4, 0.5) is 5.69 Å². The lowest BCUT2D eigenvalue weighted by atomic mass is 9.96. The number of imide groups is 1. The van der Waals surface area contributed by atoms with E-state index in [2.05, 4.69) is 4.98 Å². The minimum Gasteiger partial charge on any atom is -0.293 e. The molecule has 1 aromatic heterocycles. The van der Waals surface area contributed by atoms with Crippen molar-refractivity contribution in [2.75, 3.05) is 4.90 Å². The zero-order chi connectivity index (χ0) is 28.9. The van der Waals surface area contributed by atoms with E-state index in [0.29, 0.717) is 5.39 Å². The van der Waals surface area contributed by atoms with Crippen molar-refractivity contribution >= 4 is 133 Å². The van der Waals surface area contributed by atoms with Crippen LogP contribution in [0.25, 0.3) is 10.9 Å². The highest BCUT2D eigenvalue weighted by molar-refractivity contribution is 6.57. The minimum atomic E-state index is -1.40. The Labute approximate surface area is 265 Å². The third-order valence-corrected chi connectivity index (χ3v) is 10.8. The van der Waals surface area contributed by atoms with Gasteiger partial charge in [-0.05, 0) is 12.1 Å². The van der Waals surface area contributed by atoms with E-state index in [4.69, 9.17) is 92.8 Å². The summed E-state index contributed by atoms with van der Waals surface area (Å²) in [4.78, 5) is 59.3. The average molecular weight is 696 g/mol. The molecule has 0 saturated heterocycles. The molecule has 0 N–H and O–H groups in total. The van der Waals surface area contributed by atoms with Crippen LogP contribution in [0, 0.1) is 0 Å². The molecule has 0 bridgehead atoms. The summed E-state index contributed by atoms with van der Waals surface area (Å²) in [6.45, 7) is 0. The van der Waals surface area contributed by atoms with Crippen molar-refractivity contribution in [1.82, 2.24) is 4.98 Å². The summed E-state index contributed by atoms with van der Waals surface area (Å²) in [6, 6.07) is 7.83. The summed E-state index contributed by atoms with van der Waals surface area (Å²) in [5, 5.41) is -2.58. The first-order valence-corrected chi connectivity index (χ1v) is 14.3. The molecule has 0 spiro atoms. The molecule has 3 aromatic rings. The van der Waals surface area contributed by atoms with E-state index in [9.17, 15) is 19.2 Å². The number of hydrogen-bond donors (Lipinski definition) is 0. The van der Waals surface area contributed by atoms with E-state index in [1.54, 1.807) is 18.2 Å². The lowest BCUT2D eigenvalue weighted by Crippen LogP contribution is -2.30. The molecule has 0 saturated carbocycles. The van der Waals surface area contributed by atoms with Gasteiger partial charge in [-0.25, -0.2) is 9.88 Å². The van der Waals surface area contributed by atoms with Crippen molar-refractivity contribution in [3.8, 4) is 0 Å². The summed E-state index contributed by atoms with van der Waals surface area (Å²) < 4.78 is 0. The number of aromatic nitrogens is 1. The first-order valence-electron chi connectivity index (χ1n) is 11.2. The molecule has 202 valence electrons. The Morgan fingerprint density at radius 2 is 1.30 bits per heavy atom. The molecule has 0 radical (unpaired) electrons. The van der Waals surface area contributed by atoms with Crippen LogP contribution in [0.3, 0.4) is 0 Å². The standard InChI is InChI=1S/C26H8Cl8N2O4/c27-14-10-11(15(28)19(32)18(14)31)24(38)9(23(10)37)7-5-4-6-2-1-3-8(22(6)35-7)36-25(39)12-13(26(36)40)17(30)21(34)20(33)16(12)29/h1-5,9,14,18H. The Morgan fingerprint density at radius 1 is 0.700 bits per heavy atom. The summed E-state index contributed by atoms with van der Waals surface area (Å²) >= 11 is 49.9. The van der Waals surface area contributed by atoms with Crippen LogP contribution < -0.4 is 4.90 Å². The maximum Gasteiger partial charge on any atom is 0.267 e. The molecule has 6 rings (SSSR count). The number of amides is 2. The van der Waals surface area contributed by atoms with Gasteiger partial charge in [0, 0.05) is 16.5 Å². The molecule has 40 heavy (non-hydrogen) atoms. The number of nitrogens with zero attached hydrogens (tertiary/aromatic N) is 2. The van der Waals surface area contributed by atoms with Gasteiger partial charge in [-0.1, -0.05) is 87.8 Å². The number of para-hydroxylation sites is 1. The molecular weight excluding hydrogens is 688 g/mol. The Morgan fingerprint density at radius 3 is 1.90 bits per heavy atom. The zero-order valence-corrected chi connectivity index (χ0v) is 25.2. The fraction of sp³-hybridized carbons (Fsp3) is 0.115. The number of ketones is 2. The van der Waals surface area contributed by atoms with Gasteiger partial charge in [0.2, 0.25) is 0 Å². The van der Waals surface area contributed by atoms with Gasteiger partial charge in [-0.2, -0.15) is 0 Å². The first-order chi connectivity index (χ1) is 18.9. The largest absolute Gasteiger partial charge is 0.293 e. The second kappa shape index (κ2) is 9.85. The smallest absolute Gasteiger partial charge is 0.267 e. The van der Waals surface area contributed by atoms with Gasteiger partial charge >= 0.3 is 0 Å². The fourth-order valence-electron chi connectivity index (χ4n) is 5.01. The molecule has 2 amide bonds. The Kier molecular flexibility index (Phi) is 6.96. The van der Waals surface area contributed by atoms with Crippen molar-refractivity contribution in [3.63, 3.8) is 0 Å². The number of carbonyl (C=O) groups is 4. The van der Waals surface area contributed by atoms with Gasteiger partial charge in [-0.15, -0.1) is 23.2 Å². The predicted molar refractivity (Wildman–Crippen MR) is 157 cm³/mol. The molecule has 0 fully saturated rings. The van der Waals surface area contributed by atoms with E-state index >= 15 is 0 Å². The Hall–Kier alpha value is -1.87. The lowest BCUT2D eigenvalue weighted by molar-refractivity contribution is -0.123. The molecule has 14 heteroatoms. The van der Waals surface area contributed by atoms with Gasteiger partial charge in [0.1, 0.15) is 5.92 Å². The van der Waals surface area contributed by atoms with Gasteiger partial charge in [0.25, 0.3) is 11.8 Å². The van der Waals surface area contributed by atoms with Crippen molar-refractivity contribution in [2.24, 2.45) is 0 Å². The van der Waals surface area contributed by atoms with Crippen LogP contribution in [-0.4, -0.2) is 39.1 Å². The van der Waals surface area contributed by atoms with Gasteiger partial charge < -0.3 is 0 Å². The highest BCUT2D eigenvalue weighted by Crippen LogP contribution is 2.49. The van der Waals surface area contributed by atoms with Crippen LogP contribution in [0.15, 0.2) is 51.5 Å². The fourth-order valence-corrected chi connectivity index (χ4v) is 7.26. The summed E-state index contributed by atoms with van der Waals surface area (Å²) in [5.41, 5.74) is -0.330. The second-order valence-corrected chi connectivity index (χ2v) is 12.2. The highest BCUT2D eigenvalue weighted by Gasteiger charge is 2.51. The molecule has 2 heterocycles. The third-order valence-electron chi connectivity index (χ3n) is 6.87. The topological polar surface area (TPSA) is 84.4 Å². The number of benzene rings is 2. The van der Waals surface area contributed by atoms with Crippen molar-refractivity contribution in [2.45, 2.75) is 16.7 Å². The summed E-state index contributed by atoms with van der Waals surface area (Å²) in [6.07, 6.45) is 0. The average Bonchev–Trinajstić information content (AvgIpc) is 3.35. The number of anilines is 1. The van der Waals surface area contributed by atoms with Crippen LogP contribution in [-0.2, 0) is 9.59 Å². The number of pyridine rings is 1. The molecule has 2 aliphatic carbocycles. The van der Waals surface area contributed by atoms with Crippen molar-refractivity contribution < 1.29 is 19.2 Å². The second-order valence-electron chi connectivity index (χ2n) is 8.95. The van der Waals surface area contributed by atoms with Crippen molar-refractivity contribution in [1.29, 1.82) is 0 Å². The molecular formula is C26H8Cl8N2O4. The van der Waals surface area contributed by atoms with E-state index in [-0.39, 0.29) is 69.3 Å². The van der Waals surface area contributed by atoms with E-state index in [0.717, 1.165) is 4.90 Å². The van der Waals surface area contributed by atoms with Gasteiger partial charge in [0.05, 0.1) is 68.9 Å². The predicted octanol–water partition coefficient (Wildman–Crippen LogP) is 8.10. The van der Waals surface area contributed by atoms with Gasteiger partial charge in [0.15, 0.2) is 11.6 Å². The molecule has 6 nitrogen and oxygen atoms in total. The number of rotatable bonds is 2. The van der Waals surface area contributed by atoms with Crippen LogP contribution >= 0.6 is 92.8 Å². The number of halogens is 8. The third kappa shape index (κ3) is 3.74. The van der Waals surface area contributed by atoms with E-state index in [1.165, 1.54) is 12.1 Å². The number of carbonyl (C=O) groups excluding carboxylic acids is 4. The maximum atomic E-state index is 13.5. The quantitative estimate of drug-likeness (QED) is 0.0890. The van der Waals surface area contributed by atoms with Gasteiger partial charge in [-0.3, -0.25) is 19.2 Å². The minimum absolute atomic E-state index is 0.0405. The number of fused-ring (bicyclic) bond motifs is 2.